The van der Waals surface area contributed by atoms with Crippen LogP contribution in [0.1, 0.15) is 10.5 Å². The number of ether oxygens (including phenoxy) is 3. The predicted octanol–water partition coefficient (Wildman–Crippen LogP) is 2.21. The van der Waals surface area contributed by atoms with Gasteiger partial charge in [-0.15, -0.1) is 11.3 Å². The van der Waals surface area contributed by atoms with Crippen LogP contribution in [0.3, 0.4) is 0 Å². The molecule has 0 unspecified atom stereocenters. The Bertz CT molecular complexity index is 630. The number of nitrogens with one attached hydrogen (secondary N) is 1. The number of benzene rings is 1. The largest absolute Gasteiger partial charge is 0.490 e. The van der Waals surface area contributed by atoms with Gasteiger partial charge >= 0.3 is 0 Å². The summed E-state index contributed by atoms with van der Waals surface area (Å²) in [5.41, 5.74) is 1.26. The van der Waals surface area contributed by atoms with E-state index in [1.165, 1.54) is 11.3 Å². The molecule has 0 saturated carbocycles. The zero-order chi connectivity index (χ0) is 16.5. The number of carbonyl (C=O) groups is 1. The lowest BCUT2D eigenvalue weighted by Crippen LogP contribution is -2.27. The molecule has 7 heteroatoms. The van der Waals surface area contributed by atoms with E-state index in [9.17, 15) is 4.79 Å². The number of para-hydroxylation sites is 1. The van der Waals surface area contributed by atoms with Gasteiger partial charge in [0.15, 0.2) is 0 Å². The standard InChI is InChI=1S/C16H20N2O4S/c1-20-8-7-17-15(19)13-11-23-16(18-13)12-5-3-4-6-14(12)22-10-9-21-2/h3-6,11H,7-10H2,1-2H3,(H,17,19). The van der Waals surface area contributed by atoms with E-state index in [2.05, 4.69) is 10.3 Å². The highest BCUT2D eigenvalue weighted by Crippen LogP contribution is 2.32. The lowest BCUT2D eigenvalue weighted by Gasteiger charge is -2.09. The Balaban J connectivity index is 2.09. The average Bonchev–Trinajstić information content (AvgIpc) is 3.06. The Morgan fingerprint density at radius 1 is 1.17 bits per heavy atom. The van der Waals surface area contributed by atoms with Crippen LogP contribution in [0.15, 0.2) is 29.6 Å². The van der Waals surface area contributed by atoms with E-state index in [1.54, 1.807) is 19.6 Å². The number of nitrogens with zero attached hydrogens (tertiary/aromatic N) is 1. The van der Waals surface area contributed by atoms with Gasteiger partial charge in [-0.2, -0.15) is 0 Å². The maximum absolute atomic E-state index is 12.0. The fourth-order valence-electron chi connectivity index (χ4n) is 1.86. The molecule has 0 radical (unpaired) electrons. The van der Waals surface area contributed by atoms with Crippen LogP contribution in [-0.4, -0.2) is 51.5 Å². The Labute approximate surface area is 139 Å². The molecule has 124 valence electrons. The van der Waals surface area contributed by atoms with Gasteiger partial charge in [0.05, 0.1) is 18.8 Å². The average molecular weight is 336 g/mol. The second-order valence-electron chi connectivity index (χ2n) is 4.62. The van der Waals surface area contributed by atoms with Gasteiger partial charge in [-0.3, -0.25) is 4.79 Å². The highest BCUT2D eigenvalue weighted by atomic mass is 32.1. The van der Waals surface area contributed by atoms with Gasteiger partial charge in [0, 0.05) is 26.1 Å². The Morgan fingerprint density at radius 2 is 1.96 bits per heavy atom. The van der Waals surface area contributed by atoms with Gasteiger partial charge in [-0.1, -0.05) is 12.1 Å². The minimum Gasteiger partial charge on any atom is -0.490 e. The first-order chi connectivity index (χ1) is 11.3. The van der Waals surface area contributed by atoms with Gasteiger partial charge in [-0.25, -0.2) is 4.98 Å². The van der Waals surface area contributed by atoms with E-state index in [4.69, 9.17) is 14.2 Å². The van der Waals surface area contributed by atoms with Crippen LogP contribution in [-0.2, 0) is 9.47 Å². The molecule has 2 rings (SSSR count). The van der Waals surface area contributed by atoms with Gasteiger partial charge in [0.25, 0.3) is 5.91 Å². The maximum atomic E-state index is 12.0. The molecule has 0 fully saturated rings. The predicted molar refractivity (Wildman–Crippen MR) is 89.1 cm³/mol. The molecule has 0 aliphatic carbocycles. The van der Waals surface area contributed by atoms with Crippen molar-refractivity contribution in [2.45, 2.75) is 0 Å². The SMILES string of the molecule is COCCNC(=O)c1csc(-c2ccccc2OCCOC)n1. The number of thiazole rings is 1. The molecule has 0 spiro atoms. The van der Waals surface area contributed by atoms with Crippen LogP contribution in [0.2, 0.25) is 0 Å². The quantitative estimate of drug-likeness (QED) is 0.711. The molecular formula is C16H20N2O4S. The van der Waals surface area contributed by atoms with E-state index in [-0.39, 0.29) is 5.91 Å². The van der Waals surface area contributed by atoms with Crippen molar-refractivity contribution in [1.29, 1.82) is 0 Å². The molecule has 1 N–H and O–H groups in total. The Hall–Kier alpha value is -1.96. The van der Waals surface area contributed by atoms with Gasteiger partial charge in [-0.05, 0) is 12.1 Å². The summed E-state index contributed by atoms with van der Waals surface area (Å²) >= 11 is 1.41. The van der Waals surface area contributed by atoms with Crippen LogP contribution < -0.4 is 10.1 Å². The van der Waals surface area contributed by atoms with Crippen LogP contribution >= 0.6 is 11.3 Å². The Kier molecular flexibility index (Phi) is 6.99. The molecule has 0 aliphatic heterocycles. The molecule has 2 aromatic rings. The molecular weight excluding hydrogens is 316 g/mol. The molecule has 6 nitrogen and oxygen atoms in total. The monoisotopic (exact) mass is 336 g/mol. The molecule has 0 saturated heterocycles. The maximum Gasteiger partial charge on any atom is 0.270 e. The van der Waals surface area contributed by atoms with E-state index in [1.807, 2.05) is 24.3 Å². The first-order valence-corrected chi connectivity index (χ1v) is 8.08. The van der Waals surface area contributed by atoms with Crippen LogP contribution in [0.25, 0.3) is 10.6 Å². The summed E-state index contributed by atoms with van der Waals surface area (Å²) < 4.78 is 15.6. The van der Waals surface area contributed by atoms with Crippen molar-refractivity contribution < 1.29 is 19.0 Å². The third-order valence-electron chi connectivity index (χ3n) is 2.99. The summed E-state index contributed by atoms with van der Waals surface area (Å²) in [4.78, 5) is 16.4. The fourth-order valence-corrected chi connectivity index (χ4v) is 2.69. The van der Waals surface area contributed by atoms with E-state index >= 15 is 0 Å². The first kappa shape index (κ1) is 17.4. The van der Waals surface area contributed by atoms with Crippen LogP contribution in [0.5, 0.6) is 5.75 Å². The summed E-state index contributed by atoms with van der Waals surface area (Å²) in [6.07, 6.45) is 0. The third kappa shape index (κ3) is 5.02. The molecule has 23 heavy (non-hydrogen) atoms. The van der Waals surface area contributed by atoms with Crippen molar-refractivity contribution >= 4 is 17.2 Å². The first-order valence-electron chi connectivity index (χ1n) is 7.20. The van der Waals surface area contributed by atoms with Crippen molar-refractivity contribution in [3.63, 3.8) is 0 Å². The number of hydrogen-bond donors (Lipinski definition) is 1. The summed E-state index contributed by atoms with van der Waals surface area (Å²) in [7, 11) is 3.22. The normalized spacial score (nSPS) is 10.5. The lowest BCUT2D eigenvalue weighted by atomic mass is 10.2. The molecule has 1 amide bonds. The molecule has 0 aliphatic rings. The van der Waals surface area contributed by atoms with Crippen molar-refractivity contribution in [2.24, 2.45) is 0 Å². The third-order valence-corrected chi connectivity index (χ3v) is 3.87. The minimum absolute atomic E-state index is 0.206. The van der Waals surface area contributed by atoms with Gasteiger partial charge < -0.3 is 19.5 Å². The van der Waals surface area contributed by atoms with Crippen molar-refractivity contribution in [3.05, 3.63) is 35.3 Å². The lowest BCUT2D eigenvalue weighted by molar-refractivity contribution is 0.0933. The molecule has 0 bridgehead atoms. The van der Waals surface area contributed by atoms with E-state index < -0.39 is 0 Å². The number of carbonyl (C=O) groups excluding carboxylic acids is 1. The molecule has 1 heterocycles. The minimum atomic E-state index is -0.206. The van der Waals surface area contributed by atoms with Gasteiger partial charge in [0.1, 0.15) is 23.1 Å². The van der Waals surface area contributed by atoms with Crippen LogP contribution in [0, 0.1) is 0 Å². The zero-order valence-electron chi connectivity index (χ0n) is 13.2. The summed E-state index contributed by atoms with van der Waals surface area (Å²) in [5, 5.41) is 5.24. The van der Waals surface area contributed by atoms with Gasteiger partial charge in [0.2, 0.25) is 0 Å². The smallest absolute Gasteiger partial charge is 0.270 e. The second kappa shape index (κ2) is 9.24. The van der Waals surface area contributed by atoms with Crippen molar-refractivity contribution in [1.82, 2.24) is 10.3 Å². The molecule has 1 aromatic carbocycles. The van der Waals surface area contributed by atoms with E-state index in [0.717, 1.165) is 16.3 Å². The number of aromatic nitrogens is 1. The highest BCUT2D eigenvalue weighted by molar-refractivity contribution is 7.13. The number of methoxy groups -OCH3 is 2. The van der Waals surface area contributed by atoms with E-state index in [0.29, 0.717) is 32.1 Å². The zero-order valence-corrected chi connectivity index (χ0v) is 14.0. The molecule has 1 aromatic heterocycles. The molecule has 0 atom stereocenters. The summed E-state index contributed by atoms with van der Waals surface area (Å²) in [5.74, 6) is 0.521. The van der Waals surface area contributed by atoms with Crippen molar-refractivity contribution in [2.75, 3.05) is 40.6 Å². The summed E-state index contributed by atoms with van der Waals surface area (Å²) in [6.45, 7) is 1.90. The highest BCUT2D eigenvalue weighted by Gasteiger charge is 2.14. The number of rotatable bonds is 9. The van der Waals surface area contributed by atoms with Crippen molar-refractivity contribution in [3.8, 4) is 16.3 Å². The fraction of sp³-hybridized carbons (Fsp3) is 0.375. The Morgan fingerprint density at radius 3 is 2.74 bits per heavy atom. The summed E-state index contributed by atoms with van der Waals surface area (Å²) in [6, 6.07) is 7.62. The van der Waals surface area contributed by atoms with Crippen LogP contribution in [0.4, 0.5) is 0 Å². The topological polar surface area (TPSA) is 69.7 Å². The number of hydrogen-bond acceptors (Lipinski definition) is 6. The number of amides is 1. The second-order valence-corrected chi connectivity index (χ2v) is 5.48.